The zero-order valence-electron chi connectivity index (χ0n) is 10.9. The first-order valence-corrected chi connectivity index (χ1v) is 6.17. The van der Waals surface area contributed by atoms with E-state index >= 15 is 0 Å². The van der Waals surface area contributed by atoms with Crippen LogP contribution in [0.4, 0.5) is 18.9 Å². The number of hydrogen-bond donors (Lipinski definition) is 1. The van der Waals surface area contributed by atoms with Crippen LogP contribution < -0.4 is 0 Å². The van der Waals surface area contributed by atoms with Gasteiger partial charge in [-0.3, -0.25) is 10.1 Å². The van der Waals surface area contributed by atoms with Crippen molar-refractivity contribution in [3.8, 4) is 11.4 Å². The normalized spacial score (nSPS) is 11.8. The summed E-state index contributed by atoms with van der Waals surface area (Å²) < 4.78 is 39.5. The molecule has 3 rings (SSSR count). The minimum absolute atomic E-state index is 0.180. The van der Waals surface area contributed by atoms with Gasteiger partial charge in [0.1, 0.15) is 11.4 Å². The standard InChI is InChI=1S/C14H8F3N3O2/c15-14(16,17)8-4-3-7-11(20(21)22)12(8)13-18-9-5-1-2-6-10(9)19-13/h1-7H,(H,18,19). The quantitative estimate of drug-likeness (QED) is 0.571. The number of alkyl halides is 3. The second kappa shape index (κ2) is 4.83. The van der Waals surface area contributed by atoms with E-state index in [-0.39, 0.29) is 5.82 Å². The number of benzene rings is 2. The number of nitro groups is 1. The number of rotatable bonds is 2. The number of para-hydroxylation sites is 2. The molecule has 8 heteroatoms. The third-order valence-electron chi connectivity index (χ3n) is 3.17. The summed E-state index contributed by atoms with van der Waals surface area (Å²) in [4.78, 5) is 17.0. The van der Waals surface area contributed by atoms with Gasteiger partial charge in [-0.05, 0) is 18.2 Å². The van der Waals surface area contributed by atoms with E-state index < -0.39 is 27.9 Å². The molecule has 0 radical (unpaired) electrons. The molecule has 3 aromatic rings. The average molecular weight is 307 g/mol. The van der Waals surface area contributed by atoms with E-state index in [9.17, 15) is 23.3 Å². The molecule has 5 nitrogen and oxygen atoms in total. The highest BCUT2D eigenvalue weighted by Crippen LogP contribution is 2.41. The molecule has 1 aromatic heterocycles. The molecule has 1 N–H and O–H groups in total. The van der Waals surface area contributed by atoms with Crippen LogP contribution in [0.5, 0.6) is 0 Å². The number of nitro benzene ring substituents is 1. The van der Waals surface area contributed by atoms with E-state index in [0.29, 0.717) is 11.0 Å². The van der Waals surface area contributed by atoms with Gasteiger partial charge in [-0.1, -0.05) is 18.2 Å². The number of aromatic nitrogens is 2. The van der Waals surface area contributed by atoms with Crippen LogP contribution in [0, 0.1) is 10.1 Å². The number of halogens is 3. The molecule has 0 aliphatic carbocycles. The van der Waals surface area contributed by atoms with Crippen molar-refractivity contribution in [2.24, 2.45) is 0 Å². The number of imidazole rings is 1. The van der Waals surface area contributed by atoms with Gasteiger partial charge in [0.05, 0.1) is 21.5 Å². The highest BCUT2D eigenvalue weighted by Gasteiger charge is 2.38. The third-order valence-corrected chi connectivity index (χ3v) is 3.17. The van der Waals surface area contributed by atoms with Crippen molar-refractivity contribution < 1.29 is 18.1 Å². The van der Waals surface area contributed by atoms with Crippen LogP contribution in [0.3, 0.4) is 0 Å². The number of H-pyrrole nitrogens is 1. The molecule has 0 saturated carbocycles. The fourth-order valence-corrected chi connectivity index (χ4v) is 2.25. The van der Waals surface area contributed by atoms with Crippen molar-refractivity contribution >= 4 is 16.7 Å². The smallest absolute Gasteiger partial charge is 0.338 e. The SMILES string of the molecule is O=[N+]([O-])c1cccc(C(F)(F)F)c1-c1nc2ccccc2[nH]1. The van der Waals surface area contributed by atoms with Gasteiger partial charge in [-0.25, -0.2) is 4.98 Å². The minimum atomic E-state index is -4.72. The lowest BCUT2D eigenvalue weighted by Crippen LogP contribution is -2.09. The topological polar surface area (TPSA) is 71.8 Å². The fourth-order valence-electron chi connectivity index (χ4n) is 2.25. The Kier molecular flexibility index (Phi) is 3.09. The Morgan fingerprint density at radius 1 is 1.09 bits per heavy atom. The van der Waals surface area contributed by atoms with Crippen molar-refractivity contribution in [3.63, 3.8) is 0 Å². The fraction of sp³-hybridized carbons (Fsp3) is 0.0714. The van der Waals surface area contributed by atoms with E-state index in [1.165, 1.54) is 0 Å². The summed E-state index contributed by atoms with van der Waals surface area (Å²) in [6.07, 6.45) is -4.72. The lowest BCUT2D eigenvalue weighted by atomic mass is 10.0. The monoisotopic (exact) mass is 307 g/mol. The predicted octanol–water partition coefficient (Wildman–Crippen LogP) is 4.16. The van der Waals surface area contributed by atoms with Gasteiger partial charge < -0.3 is 4.98 Å². The van der Waals surface area contributed by atoms with E-state index in [1.54, 1.807) is 24.3 Å². The van der Waals surface area contributed by atoms with Gasteiger partial charge in [-0.15, -0.1) is 0 Å². The van der Waals surface area contributed by atoms with E-state index in [2.05, 4.69) is 9.97 Å². The first-order chi connectivity index (χ1) is 10.4. The molecule has 22 heavy (non-hydrogen) atoms. The van der Waals surface area contributed by atoms with E-state index in [0.717, 1.165) is 18.2 Å². The summed E-state index contributed by atoms with van der Waals surface area (Å²) in [6.45, 7) is 0. The van der Waals surface area contributed by atoms with Crippen LogP contribution in [0.25, 0.3) is 22.4 Å². The van der Waals surface area contributed by atoms with Gasteiger partial charge in [0.2, 0.25) is 0 Å². The summed E-state index contributed by atoms with van der Waals surface area (Å²) in [7, 11) is 0. The van der Waals surface area contributed by atoms with Gasteiger partial charge >= 0.3 is 6.18 Å². The van der Waals surface area contributed by atoms with Crippen molar-refractivity contribution in [2.75, 3.05) is 0 Å². The summed E-state index contributed by atoms with van der Waals surface area (Å²) in [5.41, 5.74) is -1.36. The molecule has 112 valence electrons. The summed E-state index contributed by atoms with van der Waals surface area (Å²) in [6, 6.07) is 9.44. The Bertz CT molecular complexity index is 838. The molecule has 1 heterocycles. The number of hydrogen-bond acceptors (Lipinski definition) is 3. The molecule has 0 bridgehead atoms. The van der Waals surface area contributed by atoms with Crippen LogP contribution in [-0.4, -0.2) is 14.9 Å². The van der Waals surface area contributed by atoms with Gasteiger partial charge in [0.15, 0.2) is 0 Å². The zero-order chi connectivity index (χ0) is 15.9. The maximum Gasteiger partial charge on any atom is 0.417 e. The summed E-state index contributed by atoms with van der Waals surface area (Å²) in [5, 5.41) is 11.1. The van der Waals surface area contributed by atoms with Crippen molar-refractivity contribution in [3.05, 3.63) is 58.1 Å². The van der Waals surface area contributed by atoms with Crippen LogP contribution in [0.2, 0.25) is 0 Å². The lowest BCUT2D eigenvalue weighted by molar-refractivity contribution is -0.384. The Morgan fingerprint density at radius 2 is 1.82 bits per heavy atom. The Labute approximate surface area is 121 Å². The third kappa shape index (κ3) is 2.28. The Balaban J connectivity index is 2.34. The van der Waals surface area contributed by atoms with Gasteiger partial charge in [-0.2, -0.15) is 13.2 Å². The van der Waals surface area contributed by atoms with Crippen molar-refractivity contribution in [2.45, 2.75) is 6.18 Å². The van der Waals surface area contributed by atoms with Crippen LogP contribution in [0.1, 0.15) is 5.56 Å². The molecule has 0 unspecified atom stereocenters. The number of aromatic amines is 1. The number of fused-ring (bicyclic) bond motifs is 1. The molecule has 0 fully saturated rings. The minimum Gasteiger partial charge on any atom is -0.338 e. The van der Waals surface area contributed by atoms with E-state index in [1.807, 2.05) is 0 Å². The Hall–Kier alpha value is -2.90. The van der Waals surface area contributed by atoms with E-state index in [4.69, 9.17) is 0 Å². The van der Waals surface area contributed by atoms with Crippen LogP contribution in [0.15, 0.2) is 42.5 Å². The molecular weight excluding hydrogens is 299 g/mol. The zero-order valence-corrected chi connectivity index (χ0v) is 10.9. The van der Waals surface area contributed by atoms with Crippen molar-refractivity contribution in [1.29, 1.82) is 0 Å². The first kappa shape index (κ1) is 14.1. The molecule has 0 aliphatic heterocycles. The average Bonchev–Trinajstić information content (AvgIpc) is 2.89. The predicted molar refractivity (Wildman–Crippen MR) is 73.2 cm³/mol. The molecule has 0 spiro atoms. The summed E-state index contributed by atoms with van der Waals surface area (Å²) in [5.74, 6) is -0.180. The maximum absolute atomic E-state index is 13.2. The summed E-state index contributed by atoms with van der Waals surface area (Å²) >= 11 is 0. The molecule has 2 aromatic carbocycles. The molecule has 0 saturated heterocycles. The largest absolute Gasteiger partial charge is 0.417 e. The highest BCUT2D eigenvalue weighted by molar-refractivity contribution is 5.82. The first-order valence-electron chi connectivity index (χ1n) is 6.17. The molecule has 0 amide bonds. The maximum atomic E-state index is 13.2. The van der Waals surface area contributed by atoms with Gasteiger partial charge in [0, 0.05) is 6.07 Å². The van der Waals surface area contributed by atoms with Crippen LogP contribution >= 0.6 is 0 Å². The van der Waals surface area contributed by atoms with Crippen LogP contribution in [-0.2, 0) is 6.18 Å². The second-order valence-corrected chi connectivity index (χ2v) is 4.56. The number of nitrogens with one attached hydrogen (secondary N) is 1. The number of nitrogens with zero attached hydrogens (tertiary/aromatic N) is 2. The lowest BCUT2D eigenvalue weighted by Gasteiger charge is -2.11. The Morgan fingerprint density at radius 3 is 2.45 bits per heavy atom. The van der Waals surface area contributed by atoms with Crippen molar-refractivity contribution in [1.82, 2.24) is 9.97 Å². The molecule has 0 atom stereocenters. The molecule has 0 aliphatic rings. The van der Waals surface area contributed by atoms with Gasteiger partial charge in [0.25, 0.3) is 5.69 Å². The molecular formula is C14H8F3N3O2. The second-order valence-electron chi connectivity index (χ2n) is 4.56. The highest BCUT2D eigenvalue weighted by atomic mass is 19.4.